The summed E-state index contributed by atoms with van der Waals surface area (Å²) in [7, 11) is 0. The predicted molar refractivity (Wildman–Crippen MR) is 48.8 cm³/mol. The third-order valence-electron chi connectivity index (χ3n) is 1.80. The van der Waals surface area contributed by atoms with Crippen molar-refractivity contribution in [1.29, 1.82) is 0 Å². The van der Waals surface area contributed by atoms with Crippen LogP contribution in [0.3, 0.4) is 0 Å². The molecule has 70 valence electrons. The molecule has 0 unspecified atom stereocenters. The van der Waals surface area contributed by atoms with E-state index in [1.165, 1.54) is 6.20 Å². The van der Waals surface area contributed by atoms with Gasteiger partial charge in [0.15, 0.2) is 0 Å². The van der Waals surface area contributed by atoms with Crippen molar-refractivity contribution >= 4 is 5.97 Å². The lowest BCUT2D eigenvalue weighted by Crippen LogP contribution is -1.97. The number of hydrogen-bond donors (Lipinski definition) is 2. The predicted octanol–water partition coefficient (Wildman–Crippen LogP) is 1.17. The third kappa shape index (κ3) is 1.47. The molecule has 0 radical (unpaired) electrons. The van der Waals surface area contributed by atoms with Crippen LogP contribution in [0.1, 0.15) is 10.4 Å². The maximum atomic E-state index is 10.7. The minimum Gasteiger partial charge on any atom is -0.478 e. The molecule has 0 aliphatic heterocycles. The Balaban J connectivity index is 2.46. The van der Waals surface area contributed by atoms with Crippen molar-refractivity contribution in [2.24, 2.45) is 0 Å². The summed E-state index contributed by atoms with van der Waals surface area (Å²) in [5, 5.41) is 15.3. The van der Waals surface area contributed by atoms with Gasteiger partial charge in [0.2, 0.25) is 0 Å². The van der Waals surface area contributed by atoms with Gasteiger partial charge in [-0.1, -0.05) is 0 Å². The highest BCUT2D eigenvalue weighted by Gasteiger charge is 2.05. The first kappa shape index (κ1) is 8.43. The number of carboxylic acid groups (broad SMARTS) is 1. The molecule has 2 aromatic rings. The second-order valence-electron chi connectivity index (χ2n) is 2.74. The van der Waals surface area contributed by atoms with Crippen LogP contribution in [0.2, 0.25) is 0 Å². The maximum Gasteiger partial charge on any atom is 0.337 e. The highest BCUT2D eigenvalue weighted by molar-refractivity contribution is 5.88. The standard InChI is InChI=1S/C9H7N3O2/c13-9(14)7-3-6(4-10-5-7)8-1-2-11-12-8/h1-5H,(H,11,12)(H,13,14). The minimum atomic E-state index is -0.987. The first-order valence-electron chi connectivity index (χ1n) is 3.95. The third-order valence-corrected chi connectivity index (χ3v) is 1.80. The van der Waals surface area contributed by atoms with Crippen LogP contribution in [0, 0.1) is 0 Å². The topological polar surface area (TPSA) is 78.9 Å². The molecule has 0 aliphatic rings. The summed E-state index contributed by atoms with van der Waals surface area (Å²) in [6, 6.07) is 3.30. The van der Waals surface area contributed by atoms with Crippen molar-refractivity contribution in [3.05, 3.63) is 36.3 Å². The molecule has 0 bridgehead atoms. The fraction of sp³-hybridized carbons (Fsp3) is 0. The molecule has 0 aromatic carbocycles. The van der Waals surface area contributed by atoms with Crippen molar-refractivity contribution < 1.29 is 9.90 Å². The van der Waals surface area contributed by atoms with E-state index >= 15 is 0 Å². The zero-order valence-electron chi connectivity index (χ0n) is 7.14. The van der Waals surface area contributed by atoms with E-state index in [2.05, 4.69) is 15.2 Å². The lowest BCUT2D eigenvalue weighted by Gasteiger charge is -1.97. The number of nitrogens with one attached hydrogen (secondary N) is 1. The quantitative estimate of drug-likeness (QED) is 0.743. The number of carbonyl (C=O) groups is 1. The van der Waals surface area contributed by atoms with Gasteiger partial charge in [0.05, 0.1) is 11.3 Å². The number of H-pyrrole nitrogens is 1. The van der Waals surface area contributed by atoms with Gasteiger partial charge in [0, 0.05) is 24.2 Å². The van der Waals surface area contributed by atoms with Crippen molar-refractivity contribution in [2.45, 2.75) is 0 Å². The van der Waals surface area contributed by atoms with Gasteiger partial charge in [0.25, 0.3) is 0 Å². The summed E-state index contributed by atoms with van der Waals surface area (Å²) in [4.78, 5) is 14.5. The molecule has 5 nitrogen and oxygen atoms in total. The fourth-order valence-corrected chi connectivity index (χ4v) is 1.12. The van der Waals surface area contributed by atoms with E-state index < -0.39 is 5.97 Å². The molecule has 2 aromatic heterocycles. The van der Waals surface area contributed by atoms with Crippen LogP contribution in [0.5, 0.6) is 0 Å². The van der Waals surface area contributed by atoms with Crippen molar-refractivity contribution in [3.8, 4) is 11.3 Å². The molecule has 2 rings (SSSR count). The van der Waals surface area contributed by atoms with Gasteiger partial charge in [-0.3, -0.25) is 10.1 Å². The van der Waals surface area contributed by atoms with Gasteiger partial charge < -0.3 is 5.11 Å². The highest BCUT2D eigenvalue weighted by Crippen LogP contribution is 2.15. The van der Waals surface area contributed by atoms with Gasteiger partial charge in [-0.15, -0.1) is 0 Å². The Morgan fingerprint density at radius 3 is 2.93 bits per heavy atom. The second-order valence-corrected chi connectivity index (χ2v) is 2.74. The monoisotopic (exact) mass is 189 g/mol. The molecular formula is C9H7N3O2. The van der Waals surface area contributed by atoms with Crippen molar-refractivity contribution in [1.82, 2.24) is 15.2 Å². The number of nitrogens with zero attached hydrogens (tertiary/aromatic N) is 2. The highest BCUT2D eigenvalue weighted by atomic mass is 16.4. The van der Waals surface area contributed by atoms with E-state index in [1.54, 1.807) is 24.5 Å². The first-order valence-corrected chi connectivity index (χ1v) is 3.95. The summed E-state index contributed by atoms with van der Waals surface area (Å²) >= 11 is 0. The fourth-order valence-electron chi connectivity index (χ4n) is 1.12. The summed E-state index contributed by atoms with van der Waals surface area (Å²) < 4.78 is 0. The number of rotatable bonds is 2. The number of pyridine rings is 1. The van der Waals surface area contributed by atoms with Crippen LogP contribution >= 0.6 is 0 Å². The normalized spacial score (nSPS) is 10.0. The summed E-state index contributed by atoms with van der Waals surface area (Å²) in [6.45, 7) is 0. The molecule has 2 heterocycles. The van der Waals surface area contributed by atoms with Crippen LogP contribution in [-0.2, 0) is 0 Å². The van der Waals surface area contributed by atoms with Crippen LogP contribution in [0.25, 0.3) is 11.3 Å². The SMILES string of the molecule is O=C(O)c1cncc(-c2ccn[nH]2)c1. The molecule has 0 saturated carbocycles. The molecule has 0 spiro atoms. The average Bonchev–Trinajstić information content (AvgIpc) is 2.71. The van der Waals surface area contributed by atoms with E-state index in [9.17, 15) is 4.79 Å². The van der Waals surface area contributed by atoms with Gasteiger partial charge in [-0.25, -0.2) is 4.79 Å². The molecule has 2 N–H and O–H groups in total. The van der Waals surface area contributed by atoms with E-state index in [0.717, 1.165) is 5.69 Å². The molecule has 0 fully saturated rings. The Morgan fingerprint density at radius 1 is 1.43 bits per heavy atom. The minimum absolute atomic E-state index is 0.164. The van der Waals surface area contributed by atoms with Gasteiger partial charge in [0.1, 0.15) is 0 Å². The molecule has 0 aliphatic carbocycles. The smallest absolute Gasteiger partial charge is 0.337 e. The van der Waals surface area contributed by atoms with Crippen LogP contribution < -0.4 is 0 Å². The summed E-state index contributed by atoms with van der Waals surface area (Å²) in [5.74, 6) is -0.987. The van der Waals surface area contributed by atoms with Crippen molar-refractivity contribution in [3.63, 3.8) is 0 Å². The molecule has 0 saturated heterocycles. The Morgan fingerprint density at radius 2 is 2.29 bits per heavy atom. The molecular weight excluding hydrogens is 182 g/mol. The zero-order valence-corrected chi connectivity index (χ0v) is 7.14. The number of aromatic amines is 1. The Hall–Kier alpha value is -2.17. The zero-order chi connectivity index (χ0) is 9.97. The van der Waals surface area contributed by atoms with E-state index in [0.29, 0.717) is 5.56 Å². The first-order chi connectivity index (χ1) is 6.77. The average molecular weight is 189 g/mol. The number of hydrogen-bond acceptors (Lipinski definition) is 3. The second kappa shape index (κ2) is 3.29. The Kier molecular flexibility index (Phi) is 1.98. The lowest BCUT2D eigenvalue weighted by atomic mass is 10.1. The van der Waals surface area contributed by atoms with Crippen LogP contribution in [0.4, 0.5) is 0 Å². The Labute approximate surface area is 79.4 Å². The van der Waals surface area contributed by atoms with Crippen LogP contribution in [0.15, 0.2) is 30.7 Å². The van der Waals surface area contributed by atoms with E-state index in [-0.39, 0.29) is 5.56 Å². The number of aromatic nitrogens is 3. The van der Waals surface area contributed by atoms with Gasteiger partial charge >= 0.3 is 5.97 Å². The molecule has 0 atom stereocenters. The maximum absolute atomic E-state index is 10.7. The van der Waals surface area contributed by atoms with Crippen molar-refractivity contribution in [2.75, 3.05) is 0 Å². The molecule has 0 amide bonds. The molecule has 14 heavy (non-hydrogen) atoms. The largest absolute Gasteiger partial charge is 0.478 e. The molecule has 5 heteroatoms. The van der Waals surface area contributed by atoms with E-state index in [4.69, 9.17) is 5.11 Å². The number of carboxylic acids is 1. The Bertz CT molecular complexity index is 451. The van der Waals surface area contributed by atoms with Crippen LogP contribution in [-0.4, -0.2) is 26.3 Å². The van der Waals surface area contributed by atoms with E-state index in [1.807, 2.05) is 0 Å². The number of aromatic carboxylic acids is 1. The van der Waals surface area contributed by atoms with Gasteiger partial charge in [-0.2, -0.15) is 5.10 Å². The van der Waals surface area contributed by atoms with Gasteiger partial charge in [-0.05, 0) is 12.1 Å². The summed E-state index contributed by atoms with van der Waals surface area (Å²) in [5.41, 5.74) is 1.63. The lowest BCUT2D eigenvalue weighted by molar-refractivity contribution is 0.0696. The summed E-state index contributed by atoms with van der Waals surface area (Å²) in [6.07, 6.45) is 4.49.